The minimum absolute atomic E-state index is 0.219. The first-order valence-corrected chi connectivity index (χ1v) is 10.8. The number of halogens is 1. The quantitative estimate of drug-likeness (QED) is 0.416. The van der Waals surface area contributed by atoms with Crippen LogP contribution in [0.5, 0.6) is 11.5 Å². The molecule has 0 atom stereocenters. The summed E-state index contributed by atoms with van der Waals surface area (Å²) in [6.07, 6.45) is 2.58. The average molecular weight is 465 g/mol. The molecule has 0 aliphatic carbocycles. The van der Waals surface area contributed by atoms with E-state index in [9.17, 15) is 4.79 Å². The van der Waals surface area contributed by atoms with Crippen molar-refractivity contribution in [2.24, 2.45) is 7.05 Å². The second kappa shape index (κ2) is 9.83. The molecular weight excluding hydrogens is 440 g/mol. The lowest BCUT2D eigenvalue weighted by molar-refractivity contribution is 0.0946. The molecule has 0 aliphatic heterocycles. The number of carbonyl (C=O) groups is 1. The SMILES string of the molecule is COc1ccc(CCNC(=O)c2cc(-c3cccn3C)nn2-c2cccc(Cl)c2)cc1OC. The van der Waals surface area contributed by atoms with E-state index in [0.717, 1.165) is 11.3 Å². The number of aromatic nitrogens is 3. The fraction of sp³-hybridized carbons (Fsp3) is 0.200. The summed E-state index contributed by atoms with van der Waals surface area (Å²) in [5.74, 6) is 1.11. The predicted molar refractivity (Wildman–Crippen MR) is 129 cm³/mol. The van der Waals surface area contributed by atoms with E-state index in [2.05, 4.69) is 5.32 Å². The molecule has 0 unspecified atom stereocenters. The number of benzene rings is 2. The van der Waals surface area contributed by atoms with Crippen LogP contribution in [0.15, 0.2) is 66.9 Å². The molecule has 2 aromatic heterocycles. The van der Waals surface area contributed by atoms with Gasteiger partial charge in [0.1, 0.15) is 11.4 Å². The van der Waals surface area contributed by atoms with Gasteiger partial charge < -0.3 is 19.4 Å². The molecule has 4 rings (SSSR count). The van der Waals surface area contributed by atoms with E-state index in [0.29, 0.717) is 46.6 Å². The van der Waals surface area contributed by atoms with Crippen LogP contribution in [0.2, 0.25) is 5.02 Å². The van der Waals surface area contributed by atoms with Crippen LogP contribution in [0, 0.1) is 0 Å². The van der Waals surface area contributed by atoms with Crippen LogP contribution in [0.4, 0.5) is 0 Å². The predicted octanol–water partition coefficient (Wildman–Crippen LogP) is 4.52. The Morgan fingerprint density at radius 1 is 1.03 bits per heavy atom. The van der Waals surface area contributed by atoms with Gasteiger partial charge in [-0.05, 0) is 60.5 Å². The number of nitrogens with zero attached hydrogens (tertiary/aromatic N) is 3. The average Bonchev–Trinajstić information content (AvgIpc) is 3.45. The molecule has 7 nitrogen and oxygen atoms in total. The maximum atomic E-state index is 13.1. The van der Waals surface area contributed by atoms with Crippen molar-refractivity contribution in [2.75, 3.05) is 20.8 Å². The summed E-state index contributed by atoms with van der Waals surface area (Å²) in [6.45, 7) is 0.453. The first kappa shape index (κ1) is 22.5. The number of aryl methyl sites for hydroxylation is 1. The molecule has 33 heavy (non-hydrogen) atoms. The Labute approximate surface area is 197 Å². The van der Waals surface area contributed by atoms with Crippen LogP contribution in [0.25, 0.3) is 17.1 Å². The smallest absolute Gasteiger partial charge is 0.270 e. The van der Waals surface area contributed by atoms with E-state index in [1.165, 1.54) is 0 Å². The van der Waals surface area contributed by atoms with Gasteiger partial charge >= 0.3 is 0 Å². The second-order valence-corrected chi connectivity index (χ2v) is 7.94. The molecule has 8 heteroatoms. The lowest BCUT2D eigenvalue weighted by atomic mass is 10.1. The van der Waals surface area contributed by atoms with Crippen LogP contribution in [-0.4, -0.2) is 41.0 Å². The molecule has 4 aromatic rings. The number of ether oxygens (including phenoxy) is 2. The third kappa shape index (κ3) is 4.88. The van der Waals surface area contributed by atoms with E-state index in [4.69, 9.17) is 26.2 Å². The van der Waals surface area contributed by atoms with Crippen molar-refractivity contribution in [3.8, 4) is 28.6 Å². The Balaban J connectivity index is 1.56. The minimum Gasteiger partial charge on any atom is -0.493 e. The highest BCUT2D eigenvalue weighted by molar-refractivity contribution is 6.30. The Morgan fingerprint density at radius 3 is 2.55 bits per heavy atom. The van der Waals surface area contributed by atoms with Gasteiger partial charge in [0.15, 0.2) is 11.5 Å². The Kier molecular flexibility index (Phi) is 6.70. The van der Waals surface area contributed by atoms with Crippen LogP contribution >= 0.6 is 11.6 Å². The van der Waals surface area contributed by atoms with E-state index >= 15 is 0 Å². The molecule has 0 bridgehead atoms. The molecule has 1 N–H and O–H groups in total. The third-order valence-corrected chi connectivity index (χ3v) is 5.58. The number of carbonyl (C=O) groups excluding carboxylic acids is 1. The van der Waals surface area contributed by atoms with Gasteiger partial charge in [0.25, 0.3) is 5.91 Å². The van der Waals surface area contributed by atoms with Gasteiger partial charge in [-0.3, -0.25) is 4.79 Å². The summed E-state index contributed by atoms with van der Waals surface area (Å²) >= 11 is 6.19. The minimum atomic E-state index is -0.219. The number of rotatable bonds is 8. The third-order valence-electron chi connectivity index (χ3n) is 5.35. The van der Waals surface area contributed by atoms with Gasteiger partial charge in [0.2, 0.25) is 0 Å². The van der Waals surface area contributed by atoms with Crippen molar-refractivity contribution in [1.29, 1.82) is 0 Å². The molecular formula is C25H25ClN4O3. The van der Waals surface area contributed by atoms with Gasteiger partial charge in [-0.25, -0.2) is 4.68 Å². The van der Waals surface area contributed by atoms with Crippen LogP contribution in [0.3, 0.4) is 0 Å². The van der Waals surface area contributed by atoms with Crippen LogP contribution in [-0.2, 0) is 13.5 Å². The molecule has 2 heterocycles. The van der Waals surface area contributed by atoms with E-state index in [1.807, 2.05) is 60.3 Å². The lowest BCUT2D eigenvalue weighted by Gasteiger charge is -2.11. The molecule has 0 saturated heterocycles. The zero-order valence-corrected chi connectivity index (χ0v) is 19.5. The number of hydrogen-bond acceptors (Lipinski definition) is 4. The zero-order valence-electron chi connectivity index (χ0n) is 18.7. The summed E-state index contributed by atoms with van der Waals surface area (Å²) in [6, 6.07) is 18.7. The fourth-order valence-electron chi connectivity index (χ4n) is 3.65. The van der Waals surface area contributed by atoms with Crippen molar-refractivity contribution >= 4 is 17.5 Å². The largest absolute Gasteiger partial charge is 0.493 e. The normalized spacial score (nSPS) is 10.8. The standard InChI is InChI=1S/C25H25ClN4O3/c1-29-13-5-8-21(29)20-16-22(30(28-20)19-7-4-6-18(26)15-19)25(31)27-12-11-17-9-10-23(32-2)24(14-17)33-3/h4-10,13-16H,11-12H2,1-3H3,(H,27,31). The number of hydrogen-bond donors (Lipinski definition) is 1. The van der Waals surface area contributed by atoms with E-state index in [-0.39, 0.29) is 5.91 Å². The summed E-state index contributed by atoms with van der Waals surface area (Å²) < 4.78 is 14.2. The van der Waals surface area contributed by atoms with Crippen molar-refractivity contribution in [1.82, 2.24) is 19.7 Å². The molecule has 2 aromatic carbocycles. The molecule has 0 fully saturated rings. The highest BCUT2D eigenvalue weighted by atomic mass is 35.5. The topological polar surface area (TPSA) is 70.3 Å². The summed E-state index contributed by atoms with van der Waals surface area (Å²) in [7, 11) is 5.14. The molecule has 0 saturated carbocycles. The van der Waals surface area contributed by atoms with Gasteiger partial charge in [-0.2, -0.15) is 5.10 Å². The summed E-state index contributed by atoms with van der Waals surface area (Å²) in [4.78, 5) is 13.1. The molecule has 0 radical (unpaired) electrons. The maximum Gasteiger partial charge on any atom is 0.270 e. The molecule has 0 aliphatic rings. The van der Waals surface area contributed by atoms with Gasteiger partial charge in [-0.15, -0.1) is 0 Å². The van der Waals surface area contributed by atoms with Crippen LogP contribution < -0.4 is 14.8 Å². The highest BCUT2D eigenvalue weighted by Gasteiger charge is 2.19. The Bertz CT molecular complexity index is 1280. The molecule has 170 valence electrons. The Morgan fingerprint density at radius 2 is 1.85 bits per heavy atom. The lowest BCUT2D eigenvalue weighted by Crippen LogP contribution is -2.27. The number of nitrogens with one attached hydrogen (secondary N) is 1. The highest BCUT2D eigenvalue weighted by Crippen LogP contribution is 2.28. The first-order chi connectivity index (χ1) is 16.0. The van der Waals surface area contributed by atoms with Gasteiger partial charge in [0, 0.05) is 24.8 Å². The van der Waals surface area contributed by atoms with Crippen molar-refractivity contribution in [3.63, 3.8) is 0 Å². The van der Waals surface area contributed by atoms with Gasteiger partial charge in [0.05, 0.1) is 25.6 Å². The second-order valence-electron chi connectivity index (χ2n) is 7.51. The number of amides is 1. The van der Waals surface area contributed by atoms with Crippen molar-refractivity contribution in [2.45, 2.75) is 6.42 Å². The summed E-state index contributed by atoms with van der Waals surface area (Å²) in [5, 5.41) is 8.27. The molecule has 1 amide bonds. The van der Waals surface area contributed by atoms with Gasteiger partial charge in [-0.1, -0.05) is 23.7 Å². The van der Waals surface area contributed by atoms with E-state index in [1.54, 1.807) is 37.1 Å². The number of methoxy groups -OCH3 is 2. The molecule has 0 spiro atoms. The zero-order chi connectivity index (χ0) is 23.4. The fourth-order valence-corrected chi connectivity index (χ4v) is 3.83. The first-order valence-electron chi connectivity index (χ1n) is 10.5. The van der Waals surface area contributed by atoms with Crippen molar-refractivity contribution in [3.05, 3.63) is 83.1 Å². The van der Waals surface area contributed by atoms with Crippen LogP contribution in [0.1, 0.15) is 16.1 Å². The van der Waals surface area contributed by atoms with E-state index < -0.39 is 0 Å². The Hall–Kier alpha value is -3.71. The monoisotopic (exact) mass is 464 g/mol. The maximum absolute atomic E-state index is 13.1. The summed E-state index contributed by atoms with van der Waals surface area (Å²) in [5.41, 5.74) is 3.79. The van der Waals surface area contributed by atoms with Crippen molar-refractivity contribution < 1.29 is 14.3 Å².